The topological polar surface area (TPSA) is 123 Å². The van der Waals surface area contributed by atoms with E-state index in [1.54, 1.807) is 48.5 Å². The number of nitrogens with one attached hydrogen (secondary N) is 3. The normalized spacial score (nSPS) is 10.7. The molecule has 0 aliphatic heterocycles. The van der Waals surface area contributed by atoms with Crippen LogP contribution in [0.5, 0.6) is 11.5 Å². The summed E-state index contributed by atoms with van der Waals surface area (Å²) in [7, 11) is -2.46. The molecule has 0 radical (unpaired) electrons. The Morgan fingerprint density at radius 3 is 1.91 bits per heavy atom. The van der Waals surface area contributed by atoms with E-state index in [2.05, 4.69) is 15.6 Å². The minimum atomic E-state index is -3.90. The largest absolute Gasteiger partial charge is 0.495 e. The van der Waals surface area contributed by atoms with Crippen LogP contribution in [0.4, 0.5) is 5.69 Å². The van der Waals surface area contributed by atoms with Crippen LogP contribution in [0, 0.1) is 0 Å². The summed E-state index contributed by atoms with van der Waals surface area (Å²) in [5.74, 6) is -0.101. The molecule has 10 heteroatoms. The molecule has 3 aromatic rings. The van der Waals surface area contributed by atoms with Gasteiger partial charge in [-0.15, -0.1) is 0 Å². The van der Waals surface area contributed by atoms with Crippen LogP contribution in [0.1, 0.15) is 27.6 Å². The number of hydrogen-bond acceptors (Lipinski definition) is 6. The summed E-state index contributed by atoms with van der Waals surface area (Å²) in [6, 6.07) is 18.3. The van der Waals surface area contributed by atoms with Gasteiger partial charge in [-0.3, -0.25) is 25.2 Å². The Bertz CT molecular complexity index is 1230. The van der Waals surface area contributed by atoms with Crippen LogP contribution in [-0.4, -0.2) is 33.9 Å². The molecule has 3 rings (SSSR count). The van der Waals surface area contributed by atoms with Gasteiger partial charge in [0.15, 0.2) is 0 Å². The van der Waals surface area contributed by atoms with Gasteiger partial charge in [-0.25, -0.2) is 8.42 Å². The number of anilines is 1. The second-order valence-corrected chi connectivity index (χ2v) is 8.38. The third-order valence-corrected chi connectivity index (χ3v) is 5.88. The summed E-state index contributed by atoms with van der Waals surface area (Å²) in [4.78, 5) is 24.5. The first kappa shape index (κ1) is 23.6. The maximum Gasteiger partial charge on any atom is 0.269 e. The lowest BCUT2D eigenvalue weighted by atomic mass is 10.2. The van der Waals surface area contributed by atoms with Crippen LogP contribution in [0.2, 0.25) is 0 Å². The molecule has 0 saturated carbocycles. The van der Waals surface area contributed by atoms with Crippen molar-refractivity contribution in [2.75, 3.05) is 18.4 Å². The van der Waals surface area contributed by atoms with E-state index in [1.165, 1.54) is 31.4 Å². The van der Waals surface area contributed by atoms with Gasteiger partial charge in [0.05, 0.1) is 24.3 Å². The van der Waals surface area contributed by atoms with Crippen molar-refractivity contribution in [2.45, 2.75) is 11.8 Å². The highest BCUT2D eigenvalue weighted by Gasteiger charge is 2.17. The van der Waals surface area contributed by atoms with E-state index in [0.29, 0.717) is 29.4 Å². The van der Waals surface area contributed by atoms with Crippen molar-refractivity contribution in [1.82, 2.24) is 10.9 Å². The van der Waals surface area contributed by atoms with Gasteiger partial charge < -0.3 is 9.47 Å². The standard InChI is InChI=1S/C23H23N3O6S/c1-3-32-18-12-8-16(9-13-18)22(27)24-25-23(28)17-10-14-19(15-11-17)33(29,30)26-20-6-4-5-7-21(20)31-2/h4-15,26H,3H2,1-2H3,(H,24,27)(H,25,28). The fraction of sp³-hybridized carbons (Fsp3) is 0.130. The summed E-state index contributed by atoms with van der Waals surface area (Å²) in [6.07, 6.45) is 0. The van der Waals surface area contributed by atoms with Gasteiger partial charge in [0.25, 0.3) is 21.8 Å². The fourth-order valence-corrected chi connectivity index (χ4v) is 3.92. The van der Waals surface area contributed by atoms with E-state index < -0.39 is 21.8 Å². The van der Waals surface area contributed by atoms with Crippen LogP contribution in [0.25, 0.3) is 0 Å². The first-order valence-electron chi connectivity index (χ1n) is 9.93. The van der Waals surface area contributed by atoms with Gasteiger partial charge in [-0.2, -0.15) is 0 Å². The molecule has 0 aliphatic rings. The van der Waals surface area contributed by atoms with Crippen molar-refractivity contribution in [1.29, 1.82) is 0 Å². The van der Waals surface area contributed by atoms with Crippen molar-refractivity contribution < 1.29 is 27.5 Å². The molecule has 0 atom stereocenters. The van der Waals surface area contributed by atoms with Crippen molar-refractivity contribution in [3.63, 3.8) is 0 Å². The highest BCUT2D eigenvalue weighted by atomic mass is 32.2. The van der Waals surface area contributed by atoms with Crippen LogP contribution < -0.4 is 25.0 Å². The molecule has 0 fully saturated rings. The zero-order valence-corrected chi connectivity index (χ0v) is 18.8. The van der Waals surface area contributed by atoms with Gasteiger partial charge in [0.2, 0.25) is 0 Å². The third kappa shape index (κ3) is 6.01. The molecule has 3 N–H and O–H groups in total. The Morgan fingerprint density at radius 1 is 0.818 bits per heavy atom. The third-order valence-electron chi connectivity index (χ3n) is 4.50. The number of methoxy groups -OCH3 is 1. The minimum absolute atomic E-state index is 0.0385. The van der Waals surface area contributed by atoms with E-state index in [0.717, 1.165) is 0 Å². The second-order valence-electron chi connectivity index (χ2n) is 6.70. The zero-order valence-electron chi connectivity index (χ0n) is 18.0. The predicted molar refractivity (Wildman–Crippen MR) is 123 cm³/mol. The average Bonchev–Trinajstić information content (AvgIpc) is 2.83. The number of sulfonamides is 1. The SMILES string of the molecule is CCOc1ccc(C(=O)NNC(=O)c2ccc(S(=O)(=O)Nc3ccccc3OC)cc2)cc1. The number of carbonyl (C=O) groups is 2. The maximum absolute atomic E-state index is 12.7. The van der Waals surface area contributed by atoms with Crippen molar-refractivity contribution >= 4 is 27.5 Å². The van der Waals surface area contributed by atoms with Crippen molar-refractivity contribution in [3.05, 3.63) is 83.9 Å². The lowest BCUT2D eigenvalue weighted by Crippen LogP contribution is -2.41. The van der Waals surface area contributed by atoms with Gasteiger partial charge in [-0.05, 0) is 67.6 Å². The quantitative estimate of drug-likeness (QED) is 0.436. The molecule has 0 aliphatic carbocycles. The summed E-state index contributed by atoms with van der Waals surface area (Å²) >= 11 is 0. The van der Waals surface area contributed by atoms with E-state index in [4.69, 9.17) is 9.47 Å². The Kier molecular flexibility index (Phi) is 7.52. The molecule has 0 aromatic heterocycles. The summed E-state index contributed by atoms with van der Waals surface area (Å²) in [5, 5.41) is 0. The average molecular weight is 470 g/mol. The molecule has 33 heavy (non-hydrogen) atoms. The molecule has 3 aromatic carbocycles. The molecule has 2 amide bonds. The highest BCUT2D eigenvalue weighted by Crippen LogP contribution is 2.26. The van der Waals surface area contributed by atoms with Crippen LogP contribution in [0.3, 0.4) is 0 Å². The number of para-hydroxylation sites is 2. The number of hydrogen-bond donors (Lipinski definition) is 3. The van der Waals surface area contributed by atoms with E-state index >= 15 is 0 Å². The Balaban J connectivity index is 1.62. The first-order chi connectivity index (χ1) is 15.8. The van der Waals surface area contributed by atoms with E-state index in [9.17, 15) is 18.0 Å². The molecular weight excluding hydrogens is 446 g/mol. The van der Waals surface area contributed by atoms with Gasteiger partial charge in [0, 0.05) is 11.1 Å². The molecule has 172 valence electrons. The zero-order chi connectivity index (χ0) is 23.8. The van der Waals surface area contributed by atoms with Crippen LogP contribution in [-0.2, 0) is 10.0 Å². The van der Waals surface area contributed by atoms with Gasteiger partial charge >= 0.3 is 0 Å². The lowest BCUT2D eigenvalue weighted by Gasteiger charge is -2.12. The van der Waals surface area contributed by atoms with Gasteiger partial charge in [-0.1, -0.05) is 12.1 Å². The lowest BCUT2D eigenvalue weighted by molar-refractivity contribution is 0.0846. The van der Waals surface area contributed by atoms with Crippen LogP contribution >= 0.6 is 0 Å². The van der Waals surface area contributed by atoms with E-state index in [1.807, 2.05) is 6.92 Å². The smallest absolute Gasteiger partial charge is 0.269 e. The summed E-state index contributed by atoms with van der Waals surface area (Å²) in [5.41, 5.74) is 5.41. The molecule has 0 bridgehead atoms. The first-order valence-corrected chi connectivity index (χ1v) is 11.4. The Morgan fingerprint density at radius 2 is 1.36 bits per heavy atom. The Labute approximate surface area is 191 Å². The predicted octanol–water partition coefficient (Wildman–Crippen LogP) is 2.97. The van der Waals surface area contributed by atoms with Gasteiger partial charge in [0.1, 0.15) is 11.5 Å². The van der Waals surface area contributed by atoms with Crippen molar-refractivity contribution in [2.24, 2.45) is 0 Å². The summed E-state index contributed by atoms with van der Waals surface area (Å²) < 4.78 is 38.2. The Hall–Kier alpha value is -4.05. The molecule has 9 nitrogen and oxygen atoms in total. The number of ether oxygens (including phenoxy) is 2. The molecule has 0 spiro atoms. The molecular formula is C23H23N3O6S. The number of benzene rings is 3. The summed E-state index contributed by atoms with van der Waals surface area (Å²) in [6.45, 7) is 2.37. The number of hydrazine groups is 1. The fourth-order valence-electron chi connectivity index (χ4n) is 2.85. The van der Waals surface area contributed by atoms with E-state index in [-0.39, 0.29) is 10.5 Å². The molecule has 0 heterocycles. The van der Waals surface area contributed by atoms with Crippen molar-refractivity contribution in [3.8, 4) is 11.5 Å². The second kappa shape index (κ2) is 10.5. The molecule has 0 saturated heterocycles. The van der Waals surface area contributed by atoms with Crippen LogP contribution in [0.15, 0.2) is 77.7 Å². The molecule has 0 unspecified atom stereocenters. The maximum atomic E-state index is 12.7. The number of amides is 2. The number of carbonyl (C=O) groups excluding carboxylic acids is 2. The minimum Gasteiger partial charge on any atom is -0.495 e. The monoisotopic (exact) mass is 469 g/mol. The number of rotatable bonds is 8. The highest BCUT2D eigenvalue weighted by molar-refractivity contribution is 7.92.